The van der Waals surface area contributed by atoms with Crippen molar-refractivity contribution in [3.05, 3.63) is 35.4 Å². The van der Waals surface area contributed by atoms with Crippen LogP contribution in [0.4, 0.5) is 0 Å². The zero-order valence-electron chi connectivity index (χ0n) is 16.8. The van der Waals surface area contributed by atoms with E-state index in [0.717, 1.165) is 45.1 Å². The molecule has 1 amide bonds. The van der Waals surface area contributed by atoms with Crippen molar-refractivity contribution in [1.82, 2.24) is 4.90 Å². The van der Waals surface area contributed by atoms with Crippen LogP contribution in [0, 0.1) is 11.3 Å². The van der Waals surface area contributed by atoms with Crippen LogP contribution in [0.3, 0.4) is 0 Å². The van der Waals surface area contributed by atoms with E-state index in [9.17, 15) is 4.79 Å². The quantitative estimate of drug-likeness (QED) is 0.790. The van der Waals surface area contributed by atoms with Gasteiger partial charge in [-0.15, -0.1) is 0 Å². The van der Waals surface area contributed by atoms with Crippen molar-refractivity contribution in [3.63, 3.8) is 0 Å². The third-order valence-electron chi connectivity index (χ3n) is 8.15. The Morgan fingerprint density at radius 3 is 2.50 bits per heavy atom. The van der Waals surface area contributed by atoms with Gasteiger partial charge in [-0.2, -0.15) is 0 Å². The third-order valence-corrected chi connectivity index (χ3v) is 8.15. The largest absolute Gasteiger partial charge is 0.381 e. The van der Waals surface area contributed by atoms with Gasteiger partial charge in [0, 0.05) is 31.0 Å². The number of methoxy groups -OCH3 is 1. The van der Waals surface area contributed by atoms with Gasteiger partial charge in [-0.3, -0.25) is 4.79 Å². The minimum absolute atomic E-state index is 0.0962. The second kappa shape index (κ2) is 6.37. The van der Waals surface area contributed by atoms with Crippen LogP contribution in [-0.4, -0.2) is 36.6 Å². The van der Waals surface area contributed by atoms with Crippen molar-refractivity contribution >= 4 is 5.91 Å². The fraction of sp³-hybridized carbons (Fsp3) is 0.696. The lowest BCUT2D eigenvalue weighted by Gasteiger charge is -2.61. The molecule has 3 aliphatic rings. The number of carbonyl (C=O) groups is 1. The number of fused-ring (bicyclic) bond motifs is 4. The Morgan fingerprint density at radius 1 is 1.12 bits per heavy atom. The normalized spacial score (nSPS) is 35.7. The zero-order chi connectivity index (χ0) is 18.5. The van der Waals surface area contributed by atoms with Crippen LogP contribution in [0.5, 0.6) is 0 Å². The number of benzene rings is 1. The number of nitrogens with zero attached hydrogens (tertiary/aromatic N) is 1. The molecule has 0 spiro atoms. The molecule has 4 rings (SSSR count). The summed E-state index contributed by atoms with van der Waals surface area (Å²) in [6.45, 7) is 8.09. The molecule has 3 nitrogen and oxygen atoms in total. The van der Waals surface area contributed by atoms with Crippen LogP contribution >= 0.6 is 0 Å². The molecule has 1 heterocycles. The van der Waals surface area contributed by atoms with Gasteiger partial charge in [-0.25, -0.2) is 0 Å². The van der Waals surface area contributed by atoms with Crippen LogP contribution in [0.2, 0.25) is 0 Å². The summed E-state index contributed by atoms with van der Waals surface area (Å²) in [5.74, 6) is 0.595. The van der Waals surface area contributed by atoms with Gasteiger partial charge in [0.2, 0.25) is 5.91 Å². The third kappa shape index (κ3) is 2.54. The maximum Gasteiger partial charge on any atom is 0.225 e. The van der Waals surface area contributed by atoms with Crippen molar-refractivity contribution in [1.29, 1.82) is 0 Å². The molecule has 2 aliphatic carbocycles. The highest BCUT2D eigenvalue weighted by Gasteiger charge is 2.57. The lowest BCUT2D eigenvalue weighted by molar-refractivity contribution is -0.150. The van der Waals surface area contributed by atoms with Gasteiger partial charge in [-0.1, -0.05) is 45.0 Å². The Balaban J connectivity index is 1.61. The summed E-state index contributed by atoms with van der Waals surface area (Å²) in [6.07, 6.45) is 6.42. The Bertz CT molecular complexity index is 689. The first-order valence-corrected chi connectivity index (χ1v) is 10.3. The minimum atomic E-state index is 0.0962. The molecule has 1 aromatic carbocycles. The smallest absolute Gasteiger partial charge is 0.225 e. The van der Waals surface area contributed by atoms with Gasteiger partial charge in [-0.05, 0) is 55.1 Å². The molecule has 1 aliphatic heterocycles. The minimum Gasteiger partial charge on any atom is -0.381 e. The maximum atomic E-state index is 13.4. The molecule has 2 atom stereocenters. The molecule has 0 aromatic heterocycles. The van der Waals surface area contributed by atoms with Gasteiger partial charge in [0.15, 0.2) is 0 Å². The number of hydrogen-bond acceptors (Lipinski definition) is 2. The summed E-state index contributed by atoms with van der Waals surface area (Å²) in [4.78, 5) is 15.7. The summed E-state index contributed by atoms with van der Waals surface area (Å²) in [6, 6.07) is 9.22. The van der Waals surface area contributed by atoms with E-state index in [-0.39, 0.29) is 16.7 Å². The predicted molar refractivity (Wildman–Crippen MR) is 104 cm³/mol. The lowest BCUT2D eigenvalue weighted by atomic mass is 9.51. The monoisotopic (exact) mass is 355 g/mol. The molecule has 2 fully saturated rings. The van der Waals surface area contributed by atoms with Crippen LogP contribution < -0.4 is 0 Å². The van der Waals surface area contributed by atoms with E-state index < -0.39 is 0 Å². The van der Waals surface area contributed by atoms with E-state index in [0.29, 0.717) is 18.1 Å². The van der Waals surface area contributed by atoms with Gasteiger partial charge >= 0.3 is 0 Å². The molecule has 1 saturated carbocycles. The Kier molecular flexibility index (Phi) is 4.42. The highest BCUT2D eigenvalue weighted by atomic mass is 16.5. The number of amides is 1. The fourth-order valence-electron chi connectivity index (χ4n) is 5.92. The molecule has 3 heteroatoms. The van der Waals surface area contributed by atoms with E-state index in [1.54, 1.807) is 7.11 Å². The lowest BCUT2D eigenvalue weighted by Crippen LogP contribution is -2.65. The first-order valence-electron chi connectivity index (χ1n) is 10.3. The molecular formula is C23H33NO2. The van der Waals surface area contributed by atoms with Crippen molar-refractivity contribution in [3.8, 4) is 0 Å². The average molecular weight is 356 g/mol. The number of hydrogen-bond donors (Lipinski definition) is 0. The number of ether oxygens (including phenoxy) is 1. The number of likely N-dealkylation sites (tertiary alicyclic amines) is 1. The second-order valence-electron chi connectivity index (χ2n) is 9.42. The Morgan fingerprint density at radius 2 is 1.81 bits per heavy atom. The van der Waals surface area contributed by atoms with E-state index in [2.05, 4.69) is 49.9 Å². The molecule has 1 saturated heterocycles. The first-order chi connectivity index (χ1) is 12.4. The topological polar surface area (TPSA) is 29.5 Å². The summed E-state index contributed by atoms with van der Waals surface area (Å²) >= 11 is 0. The van der Waals surface area contributed by atoms with Crippen LogP contribution in [0.15, 0.2) is 24.3 Å². The summed E-state index contributed by atoms with van der Waals surface area (Å²) in [5.41, 5.74) is 3.20. The first kappa shape index (κ1) is 18.0. The molecule has 2 bridgehead atoms. The van der Waals surface area contributed by atoms with Crippen LogP contribution in [0.25, 0.3) is 0 Å². The Labute approximate surface area is 158 Å². The van der Waals surface area contributed by atoms with Crippen molar-refractivity contribution in [2.45, 2.75) is 76.9 Å². The van der Waals surface area contributed by atoms with E-state index in [4.69, 9.17) is 4.74 Å². The molecule has 0 radical (unpaired) electrons. The van der Waals surface area contributed by atoms with Gasteiger partial charge in [0.05, 0.1) is 6.10 Å². The number of rotatable bonds is 2. The SMILES string of the molecule is COC1CCC(C(=O)N2CC[C@@]3(C)c4ccccc4C[C@@H]2C3(C)C)CC1. The maximum absolute atomic E-state index is 13.4. The highest BCUT2D eigenvalue weighted by molar-refractivity contribution is 5.80. The van der Waals surface area contributed by atoms with Gasteiger partial charge < -0.3 is 9.64 Å². The highest BCUT2D eigenvalue weighted by Crippen LogP contribution is 2.56. The van der Waals surface area contributed by atoms with E-state index in [1.165, 1.54) is 11.1 Å². The second-order valence-corrected chi connectivity index (χ2v) is 9.42. The van der Waals surface area contributed by atoms with Crippen LogP contribution in [-0.2, 0) is 21.4 Å². The molecule has 1 aromatic rings. The van der Waals surface area contributed by atoms with Gasteiger partial charge in [0.25, 0.3) is 0 Å². The van der Waals surface area contributed by atoms with Crippen molar-refractivity contribution in [2.24, 2.45) is 11.3 Å². The zero-order valence-corrected chi connectivity index (χ0v) is 16.8. The predicted octanol–water partition coefficient (Wildman–Crippen LogP) is 4.33. The number of carbonyl (C=O) groups excluding carboxylic acids is 1. The molecular weight excluding hydrogens is 322 g/mol. The molecule has 26 heavy (non-hydrogen) atoms. The average Bonchev–Trinajstić information content (AvgIpc) is 2.64. The molecule has 0 unspecified atom stereocenters. The van der Waals surface area contributed by atoms with E-state index in [1.807, 2.05) is 0 Å². The van der Waals surface area contributed by atoms with Crippen LogP contribution in [0.1, 0.15) is 64.0 Å². The molecule has 142 valence electrons. The number of piperidine rings is 1. The summed E-state index contributed by atoms with van der Waals surface area (Å²) in [7, 11) is 1.79. The van der Waals surface area contributed by atoms with E-state index >= 15 is 0 Å². The summed E-state index contributed by atoms with van der Waals surface area (Å²) in [5, 5.41) is 0. The van der Waals surface area contributed by atoms with Gasteiger partial charge in [0.1, 0.15) is 0 Å². The molecule has 0 N–H and O–H groups in total. The van der Waals surface area contributed by atoms with Crippen molar-refractivity contribution in [2.75, 3.05) is 13.7 Å². The van der Waals surface area contributed by atoms with Crippen molar-refractivity contribution < 1.29 is 9.53 Å². The summed E-state index contributed by atoms with van der Waals surface area (Å²) < 4.78 is 5.49. The standard InChI is InChI=1S/C23H33NO2/c1-22(2)20-15-17-7-5-6-8-19(17)23(22,3)13-14-24(20)21(25)16-9-11-18(26-4)12-10-16/h5-8,16,18,20H,9-15H2,1-4H3/t16?,18?,20-,23+/m1/s1. The fourth-order valence-corrected chi connectivity index (χ4v) is 5.92. The Hall–Kier alpha value is -1.35.